The molecule has 0 spiro atoms. The molecule has 0 aliphatic carbocycles. The number of aromatic nitrogens is 1. The molecule has 8 nitrogen and oxygen atoms in total. The van der Waals surface area contributed by atoms with E-state index in [1.54, 1.807) is 18.2 Å². The molecule has 1 aliphatic rings. The van der Waals surface area contributed by atoms with E-state index in [0.29, 0.717) is 28.3 Å². The number of hydrogen-bond donors (Lipinski definition) is 2. The number of carbonyl (C=O) groups excluding carboxylic acids is 2. The molecule has 2 amide bonds. The fourth-order valence-electron chi connectivity index (χ4n) is 4.78. The third-order valence-corrected chi connectivity index (χ3v) is 7.84. The van der Waals surface area contributed by atoms with Crippen LogP contribution in [0.1, 0.15) is 47.1 Å². The highest BCUT2D eigenvalue weighted by molar-refractivity contribution is 7.90. The number of allylic oxidation sites excluding steroid dienone is 2. The molecule has 2 heterocycles. The number of hydrogen-bond acceptors (Lipinski definition) is 6. The largest absolute Gasteiger partial charge is 0.361 e. The molecule has 2 aromatic carbocycles. The van der Waals surface area contributed by atoms with Gasteiger partial charge in [-0.2, -0.15) is 0 Å². The maximum Gasteiger partial charge on any atom is 0.244 e. The molecule has 0 saturated carbocycles. The van der Waals surface area contributed by atoms with Gasteiger partial charge < -0.3 is 15.2 Å². The summed E-state index contributed by atoms with van der Waals surface area (Å²) in [6.07, 6.45) is 1.28. The van der Waals surface area contributed by atoms with Gasteiger partial charge in [-0.3, -0.25) is 9.59 Å². The Hall–Kier alpha value is -3.72. The smallest absolute Gasteiger partial charge is 0.244 e. The molecule has 0 saturated heterocycles. The SMILES string of the molecule is CC1=C(c2c(C)noc2C)CC(C(=O)NCc2ccc(S(C)(=O)=O)cc2)(c2ccccc2C)C(=O)N1. The number of benzene rings is 2. The predicted octanol–water partition coefficient (Wildman–Crippen LogP) is 3.51. The quantitative estimate of drug-likeness (QED) is 0.493. The van der Waals surface area contributed by atoms with Crippen LogP contribution < -0.4 is 10.6 Å². The van der Waals surface area contributed by atoms with Gasteiger partial charge in [0.05, 0.1) is 10.6 Å². The Bertz CT molecular complexity index is 1470. The summed E-state index contributed by atoms with van der Waals surface area (Å²) < 4.78 is 28.9. The summed E-state index contributed by atoms with van der Waals surface area (Å²) in [5.74, 6) is -0.240. The van der Waals surface area contributed by atoms with Crippen LogP contribution >= 0.6 is 0 Å². The highest BCUT2D eigenvalue weighted by atomic mass is 32.2. The summed E-state index contributed by atoms with van der Waals surface area (Å²) in [4.78, 5) is 27.8. The number of carbonyl (C=O) groups is 2. The second-order valence-corrected chi connectivity index (χ2v) is 11.3. The Morgan fingerprint density at radius 2 is 1.75 bits per heavy atom. The molecule has 1 atom stereocenters. The monoisotopic (exact) mass is 507 g/mol. The summed E-state index contributed by atoms with van der Waals surface area (Å²) in [5.41, 5.74) is 3.54. The lowest BCUT2D eigenvalue weighted by atomic mass is 9.69. The first-order valence-corrected chi connectivity index (χ1v) is 13.4. The fourth-order valence-corrected chi connectivity index (χ4v) is 5.41. The predicted molar refractivity (Wildman–Crippen MR) is 136 cm³/mol. The zero-order valence-corrected chi connectivity index (χ0v) is 21.7. The average Bonchev–Trinajstić information content (AvgIpc) is 3.16. The van der Waals surface area contributed by atoms with Crippen molar-refractivity contribution < 1.29 is 22.5 Å². The molecular formula is C27H29N3O5S. The second-order valence-electron chi connectivity index (χ2n) is 9.25. The van der Waals surface area contributed by atoms with E-state index in [1.165, 1.54) is 12.1 Å². The van der Waals surface area contributed by atoms with Crippen molar-refractivity contribution >= 4 is 27.2 Å². The van der Waals surface area contributed by atoms with E-state index in [9.17, 15) is 18.0 Å². The van der Waals surface area contributed by atoms with Gasteiger partial charge in [-0.1, -0.05) is 41.6 Å². The van der Waals surface area contributed by atoms with Crippen molar-refractivity contribution in [3.63, 3.8) is 0 Å². The van der Waals surface area contributed by atoms with Crippen LogP contribution in [0.4, 0.5) is 0 Å². The summed E-state index contributed by atoms with van der Waals surface area (Å²) >= 11 is 0. The van der Waals surface area contributed by atoms with Gasteiger partial charge in [0.15, 0.2) is 15.3 Å². The van der Waals surface area contributed by atoms with E-state index in [0.717, 1.165) is 23.0 Å². The summed E-state index contributed by atoms with van der Waals surface area (Å²) in [6, 6.07) is 13.7. The Kier molecular flexibility index (Phi) is 6.62. The third kappa shape index (κ3) is 4.46. The number of aryl methyl sites for hydroxylation is 3. The molecular weight excluding hydrogens is 478 g/mol. The molecule has 0 bridgehead atoms. The summed E-state index contributed by atoms with van der Waals surface area (Å²) in [6.45, 7) is 7.46. The first kappa shape index (κ1) is 25.4. The van der Waals surface area contributed by atoms with Gasteiger partial charge in [0.2, 0.25) is 11.8 Å². The first-order valence-electron chi connectivity index (χ1n) is 11.5. The minimum atomic E-state index is -3.32. The Morgan fingerprint density at radius 1 is 1.08 bits per heavy atom. The van der Waals surface area contributed by atoms with Crippen molar-refractivity contribution in [1.29, 1.82) is 0 Å². The molecule has 1 aromatic heterocycles. The Labute approximate surface area is 210 Å². The van der Waals surface area contributed by atoms with Crippen molar-refractivity contribution in [1.82, 2.24) is 15.8 Å². The van der Waals surface area contributed by atoms with Crippen molar-refractivity contribution in [2.24, 2.45) is 0 Å². The van der Waals surface area contributed by atoms with Crippen molar-refractivity contribution in [2.75, 3.05) is 6.26 Å². The molecule has 0 radical (unpaired) electrons. The van der Waals surface area contributed by atoms with Crippen molar-refractivity contribution in [3.05, 3.63) is 87.9 Å². The lowest BCUT2D eigenvalue weighted by molar-refractivity contribution is -0.137. The minimum Gasteiger partial charge on any atom is -0.361 e. The normalized spacial score (nSPS) is 18.2. The average molecular weight is 508 g/mol. The lowest BCUT2D eigenvalue weighted by Gasteiger charge is -2.37. The van der Waals surface area contributed by atoms with Crippen LogP contribution in [0.15, 0.2) is 63.6 Å². The van der Waals surface area contributed by atoms with Crippen molar-refractivity contribution in [3.8, 4) is 0 Å². The molecule has 0 fully saturated rings. The molecule has 4 rings (SSSR count). The molecule has 2 N–H and O–H groups in total. The van der Waals surface area contributed by atoms with Crippen LogP contribution in [-0.2, 0) is 31.4 Å². The van der Waals surface area contributed by atoms with E-state index in [-0.39, 0.29) is 17.9 Å². The van der Waals surface area contributed by atoms with Gasteiger partial charge in [0, 0.05) is 30.5 Å². The van der Waals surface area contributed by atoms with Crippen LogP contribution in [0.25, 0.3) is 5.57 Å². The summed E-state index contributed by atoms with van der Waals surface area (Å²) in [7, 11) is -3.32. The Morgan fingerprint density at radius 3 is 2.33 bits per heavy atom. The molecule has 36 heavy (non-hydrogen) atoms. The van der Waals surface area contributed by atoms with Gasteiger partial charge in [-0.05, 0) is 62.1 Å². The van der Waals surface area contributed by atoms with Gasteiger partial charge >= 0.3 is 0 Å². The van der Waals surface area contributed by atoms with Crippen LogP contribution in [0.5, 0.6) is 0 Å². The number of nitrogens with zero attached hydrogens (tertiary/aromatic N) is 1. The van der Waals surface area contributed by atoms with Crippen LogP contribution in [0, 0.1) is 20.8 Å². The van der Waals surface area contributed by atoms with E-state index >= 15 is 0 Å². The third-order valence-electron chi connectivity index (χ3n) is 6.72. The standard InChI is InChI=1S/C27H29N3O5S/c1-16-8-6-7-9-23(16)27(25(31)28-15-20-10-12-21(13-11-20)36(5,33)34)14-22(17(2)29-26(27)32)24-18(3)30-35-19(24)4/h6-13H,14-15H2,1-5H3,(H,28,31)(H,29,32). The number of sulfone groups is 1. The van der Waals surface area contributed by atoms with Gasteiger partial charge in [-0.25, -0.2) is 8.42 Å². The van der Waals surface area contributed by atoms with E-state index in [2.05, 4.69) is 15.8 Å². The zero-order valence-electron chi connectivity index (χ0n) is 20.9. The highest BCUT2D eigenvalue weighted by Gasteiger charge is 2.51. The topological polar surface area (TPSA) is 118 Å². The van der Waals surface area contributed by atoms with E-state index in [1.807, 2.05) is 45.9 Å². The molecule has 3 aromatic rings. The maximum absolute atomic E-state index is 13.9. The number of nitrogens with one attached hydrogen (secondary N) is 2. The van der Waals surface area contributed by atoms with E-state index in [4.69, 9.17) is 4.52 Å². The molecule has 1 unspecified atom stereocenters. The van der Waals surface area contributed by atoms with Crippen LogP contribution in [-0.4, -0.2) is 31.6 Å². The maximum atomic E-state index is 13.9. The van der Waals surface area contributed by atoms with Crippen molar-refractivity contribution in [2.45, 2.75) is 51.0 Å². The minimum absolute atomic E-state index is 0.132. The molecule has 188 valence electrons. The number of amides is 2. The van der Waals surface area contributed by atoms with Crippen LogP contribution in [0.3, 0.4) is 0 Å². The van der Waals surface area contributed by atoms with E-state index < -0.39 is 27.1 Å². The zero-order chi connectivity index (χ0) is 26.3. The van der Waals surface area contributed by atoms with Gasteiger partial charge in [0.1, 0.15) is 5.76 Å². The van der Waals surface area contributed by atoms with Gasteiger partial charge in [-0.15, -0.1) is 0 Å². The fraction of sp³-hybridized carbons (Fsp3) is 0.296. The second kappa shape index (κ2) is 9.39. The van der Waals surface area contributed by atoms with Crippen LogP contribution in [0.2, 0.25) is 0 Å². The van der Waals surface area contributed by atoms with Gasteiger partial charge in [0.25, 0.3) is 0 Å². The Balaban J connectivity index is 1.74. The number of rotatable bonds is 6. The molecule has 1 aliphatic heterocycles. The lowest BCUT2D eigenvalue weighted by Crippen LogP contribution is -2.57. The molecule has 9 heteroatoms. The summed E-state index contributed by atoms with van der Waals surface area (Å²) in [5, 5.41) is 9.92. The first-order chi connectivity index (χ1) is 16.9. The highest BCUT2D eigenvalue weighted by Crippen LogP contribution is 2.43.